The van der Waals surface area contributed by atoms with Crippen LogP contribution < -0.4 is 15.5 Å². The quantitative estimate of drug-likeness (QED) is 0.759. The molecule has 0 spiro atoms. The Bertz CT molecular complexity index is 453. The Morgan fingerprint density at radius 1 is 1.14 bits per heavy atom. The van der Waals surface area contributed by atoms with Crippen LogP contribution in [0.4, 0.5) is 11.4 Å². The van der Waals surface area contributed by atoms with Gasteiger partial charge in [-0.05, 0) is 37.9 Å². The van der Waals surface area contributed by atoms with Crippen LogP contribution in [0.2, 0.25) is 0 Å². The first-order valence-electron chi connectivity index (χ1n) is 8.66. The topological polar surface area (TPSA) is 44.4 Å². The van der Waals surface area contributed by atoms with Crippen molar-refractivity contribution in [1.82, 2.24) is 5.32 Å². The third-order valence-corrected chi connectivity index (χ3v) is 4.12. The molecule has 0 atom stereocenters. The number of hydrogen-bond donors (Lipinski definition) is 2. The number of carbonyl (C=O) groups is 1. The summed E-state index contributed by atoms with van der Waals surface area (Å²) >= 11 is 0. The molecular weight excluding hydrogens is 274 g/mol. The highest BCUT2D eigenvalue weighted by molar-refractivity contribution is 5.95. The van der Waals surface area contributed by atoms with Crippen LogP contribution in [-0.2, 0) is 4.79 Å². The molecule has 2 rings (SSSR count). The van der Waals surface area contributed by atoms with Crippen molar-refractivity contribution < 1.29 is 4.79 Å². The second-order valence-electron chi connectivity index (χ2n) is 6.00. The Balaban J connectivity index is 1.94. The van der Waals surface area contributed by atoms with E-state index in [0.29, 0.717) is 6.54 Å². The molecule has 1 aromatic rings. The van der Waals surface area contributed by atoms with Gasteiger partial charge in [0.15, 0.2) is 0 Å². The van der Waals surface area contributed by atoms with Crippen molar-refractivity contribution in [2.24, 2.45) is 0 Å². The van der Waals surface area contributed by atoms with Gasteiger partial charge in [-0.2, -0.15) is 0 Å². The van der Waals surface area contributed by atoms with E-state index in [2.05, 4.69) is 34.6 Å². The zero-order valence-electron chi connectivity index (χ0n) is 13.7. The molecule has 22 heavy (non-hydrogen) atoms. The van der Waals surface area contributed by atoms with Gasteiger partial charge in [0.2, 0.25) is 5.91 Å². The average Bonchev–Trinajstić information content (AvgIpc) is 2.81. The second kappa shape index (κ2) is 9.46. The summed E-state index contributed by atoms with van der Waals surface area (Å²) in [6.07, 6.45) is 7.35. The molecule has 4 nitrogen and oxygen atoms in total. The number of nitrogens with zero attached hydrogens (tertiary/aromatic N) is 1. The predicted molar refractivity (Wildman–Crippen MR) is 93.5 cm³/mol. The minimum Gasteiger partial charge on any atom is -0.370 e. The van der Waals surface area contributed by atoms with Crippen molar-refractivity contribution in [1.29, 1.82) is 0 Å². The third-order valence-electron chi connectivity index (χ3n) is 4.12. The molecule has 0 bridgehead atoms. The number of rotatable bonds is 7. The molecule has 122 valence electrons. The number of nitrogens with one attached hydrogen (secondary N) is 2. The van der Waals surface area contributed by atoms with Gasteiger partial charge in [0.25, 0.3) is 0 Å². The molecular formula is C18H29N3O. The van der Waals surface area contributed by atoms with Crippen LogP contribution in [0.15, 0.2) is 24.3 Å². The van der Waals surface area contributed by atoms with Crippen molar-refractivity contribution in [3.05, 3.63) is 24.3 Å². The first-order chi connectivity index (χ1) is 10.8. The Morgan fingerprint density at radius 2 is 1.86 bits per heavy atom. The fraction of sp³-hybridized carbons (Fsp3) is 0.611. The summed E-state index contributed by atoms with van der Waals surface area (Å²) in [5.41, 5.74) is 2.10. The second-order valence-corrected chi connectivity index (χ2v) is 6.00. The van der Waals surface area contributed by atoms with E-state index in [-0.39, 0.29) is 5.91 Å². The maximum atomic E-state index is 12.1. The Labute approximate surface area is 134 Å². The zero-order chi connectivity index (χ0) is 15.6. The molecule has 1 heterocycles. The smallest absolute Gasteiger partial charge is 0.238 e. The number of amides is 1. The molecule has 1 saturated heterocycles. The van der Waals surface area contributed by atoms with Crippen LogP contribution in [0.25, 0.3) is 0 Å². The normalized spacial score (nSPS) is 15.4. The van der Waals surface area contributed by atoms with Gasteiger partial charge in [-0.15, -0.1) is 0 Å². The van der Waals surface area contributed by atoms with E-state index in [4.69, 9.17) is 0 Å². The monoisotopic (exact) mass is 303 g/mol. The van der Waals surface area contributed by atoms with E-state index in [9.17, 15) is 4.79 Å². The molecule has 0 radical (unpaired) electrons. The van der Waals surface area contributed by atoms with Crippen molar-refractivity contribution in [2.45, 2.75) is 45.4 Å². The SMILES string of the molecule is CCCCNCC(=O)Nc1ccccc1N1CCCCCC1. The van der Waals surface area contributed by atoms with Gasteiger partial charge in [0.1, 0.15) is 0 Å². The van der Waals surface area contributed by atoms with Crippen molar-refractivity contribution >= 4 is 17.3 Å². The molecule has 1 aliphatic heterocycles. The molecule has 1 aromatic carbocycles. The van der Waals surface area contributed by atoms with Crippen molar-refractivity contribution in [3.63, 3.8) is 0 Å². The molecule has 0 saturated carbocycles. The van der Waals surface area contributed by atoms with E-state index in [0.717, 1.165) is 43.9 Å². The molecule has 1 fully saturated rings. The average molecular weight is 303 g/mol. The Morgan fingerprint density at radius 3 is 2.59 bits per heavy atom. The summed E-state index contributed by atoms with van der Waals surface area (Å²) in [5.74, 6) is 0.0402. The van der Waals surface area contributed by atoms with Crippen LogP contribution >= 0.6 is 0 Å². The standard InChI is InChI=1S/C18H29N3O/c1-2-3-12-19-15-18(22)20-16-10-6-7-11-17(16)21-13-8-4-5-9-14-21/h6-7,10-11,19H,2-5,8-9,12-15H2,1H3,(H,20,22). The summed E-state index contributed by atoms with van der Waals surface area (Å²) in [7, 11) is 0. The van der Waals surface area contributed by atoms with Gasteiger partial charge in [0, 0.05) is 13.1 Å². The highest BCUT2D eigenvalue weighted by Crippen LogP contribution is 2.27. The van der Waals surface area contributed by atoms with Gasteiger partial charge in [-0.3, -0.25) is 4.79 Å². The number of para-hydroxylation sites is 2. The van der Waals surface area contributed by atoms with Crippen LogP contribution in [0, 0.1) is 0 Å². The minimum atomic E-state index is 0.0402. The zero-order valence-corrected chi connectivity index (χ0v) is 13.7. The largest absolute Gasteiger partial charge is 0.370 e. The van der Waals surface area contributed by atoms with E-state index < -0.39 is 0 Å². The number of anilines is 2. The molecule has 1 amide bonds. The lowest BCUT2D eigenvalue weighted by molar-refractivity contribution is -0.115. The molecule has 4 heteroatoms. The summed E-state index contributed by atoms with van der Waals surface area (Å²) < 4.78 is 0. The van der Waals surface area contributed by atoms with E-state index in [1.54, 1.807) is 0 Å². The Hall–Kier alpha value is -1.55. The highest BCUT2D eigenvalue weighted by Gasteiger charge is 2.14. The van der Waals surface area contributed by atoms with Crippen molar-refractivity contribution in [2.75, 3.05) is 36.4 Å². The Kier molecular flexibility index (Phi) is 7.23. The number of benzene rings is 1. The van der Waals surface area contributed by atoms with E-state index >= 15 is 0 Å². The summed E-state index contributed by atoms with van der Waals surface area (Å²) in [4.78, 5) is 14.5. The van der Waals surface area contributed by atoms with Gasteiger partial charge < -0.3 is 15.5 Å². The van der Waals surface area contributed by atoms with Crippen LogP contribution in [0.1, 0.15) is 45.4 Å². The molecule has 0 aliphatic carbocycles. The van der Waals surface area contributed by atoms with Gasteiger partial charge in [0.05, 0.1) is 17.9 Å². The molecule has 0 aromatic heterocycles. The highest BCUT2D eigenvalue weighted by atomic mass is 16.1. The lowest BCUT2D eigenvalue weighted by Crippen LogP contribution is -2.30. The molecule has 1 aliphatic rings. The lowest BCUT2D eigenvalue weighted by atomic mass is 10.2. The first-order valence-corrected chi connectivity index (χ1v) is 8.66. The maximum absolute atomic E-state index is 12.1. The molecule has 0 unspecified atom stereocenters. The van der Waals surface area contributed by atoms with Crippen LogP contribution in [-0.4, -0.2) is 32.1 Å². The predicted octanol–water partition coefficient (Wildman–Crippen LogP) is 3.40. The lowest BCUT2D eigenvalue weighted by Gasteiger charge is -2.25. The van der Waals surface area contributed by atoms with Gasteiger partial charge in [-0.1, -0.05) is 38.3 Å². The number of carbonyl (C=O) groups excluding carboxylic acids is 1. The molecule has 2 N–H and O–H groups in total. The van der Waals surface area contributed by atoms with Gasteiger partial charge >= 0.3 is 0 Å². The minimum absolute atomic E-state index is 0.0402. The fourth-order valence-electron chi connectivity index (χ4n) is 2.86. The maximum Gasteiger partial charge on any atom is 0.238 e. The summed E-state index contributed by atoms with van der Waals surface area (Å²) in [6.45, 7) is 5.61. The van der Waals surface area contributed by atoms with Crippen molar-refractivity contribution in [3.8, 4) is 0 Å². The summed E-state index contributed by atoms with van der Waals surface area (Å²) in [5, 5.41) is 6.25. The van der Waals surface area contributed by atoms with Crippen LogP contribution in [0.5, 0.6) is 0 Å². The fourth-order valence-corrected chi connectivity index (χ4v) is 2.86. The number of unbranched alkanes of at least 4 members (excludes halogenated alkanes) is 1. The van der Waals surface area contributed by atoms with Crippen LogP contribution in [0.3, 0.4) is 0 Å². The third kappa shape index (κ3) is 5.34. The number of hydrogen-bond acceptors (Lipinski definition) is 3. The first kappa shape index (κ1) is 16.8. The van der Waals surface area contributed by atoms with E-state index in [1.807, 2.05) is 12.1 Å². The van der Waals surface area contributed by atoms with E-state index in [1.165, 1.54) is 25.7 Å². The summed E-state index contributed by atoms with van der Waals surface area (Å²) in [6, 6.07) is 8.16. The van der Waals surface area contributed by atoms with Gasteiger partial charge in [-0.25, -0.2) is 0 Å².